The molecule has 0 N–H and O–H groups in total. The van der Waals surface area contributed by atoms with Gasteiger partial charge in [0.05, 0.1) is 41.3 Å². The van der Waals surface area contributed by atoms with Gasteiger partial charge in [-0.3, -0.25) is 9.36 Å². The summed E-state index contributed by atoms with van der Waals surface area (Å²) in [4.78, 5) is 31.3. The van der Waals surface area contributed by atoms with E-state index < -0.39 is 24.3 Å². The third-order valence-corrected chi connectivity index (χ3v) is 6.10. The fourth-order valence-corrected chi connectivity index (χ4v) is 3.67. The number of imidazole rings is 1. The summed E-state index contributed by atoms with van der Waals surface area (Å²) in [5, 5.41) is 0. The molecule has 1 saturated heterocycles. The largest absolute Gasteiger partial charge is 0.494 e. The van der Waals surface area contributed by atoms with E-state index in [2.05, 4.69) is 4.98 Å². The fourth-order valence-electron chi connectivity index (χ4n) is 3.67. The number of carbonyl (C=O) groups excluding carboxylic acids is 2. The van der Waals surface area contributed by atoms with Crippen molar-refractivity contribution in [3.63, 3.8) is 0 Å². The Labute approximate surface area is 176 Å². The predicted octanol–water partition coefficient (Wildman–Crippen LogP) is 1.93. The molecule has 1 fully saturated rings. The van der Waals surface area contributed by atoms with Gasteiger partial charge < -0.3 is 18.9 Å². The van der Waals surface area contributed by atoms with Gasteiger partial charge in [0, 0.05) is 7.05 Å². The zero-order valence-electron chi connectivity index (χ0n) is 18.2. The van der Waals surface area contributed by atoms with Gasteiger partial charge in [-0.15, -0.1) is 0 Å². The van der Waals surface area contributed by atoms with Crippen LogP contribution in [0.3, 0.4) is 0 Å². The molecule has 1 amide bonds. The first kappa shape index (κ1) is 20.6. The number of nitrogens with zero attached hydrogens (tertiary/aromatic N) is 3. The van der Waals surface area contributed by atoms with Crippen molar-refractivity contribution in [3.05, 3.63) is 41.5 Å². The van der Waals surface area contributed by atoms with Gasteiger partial charge in [0.25, 0.3) is 5.91 Å². The molecule has 0 bridgehead atoms. The molecule has 1 aromatic carbocycles. The lowest BCUT2D eigenvalue weighted by atomic mass is 9.78. The van der Waals surface area contributed by atoms with Gasteiger partial charge in [-0.25, -0.2) is 9.78 Å². The van der Waals surface area contributed by atoms with Crippen molar-refractivity contribution >= 4 is 24.5 Å². The Bertz CT molecular complexity index is 1010. The molecule has 4 rings (SSSR count). The number of esters is 1. The smallest absolute Gasteiger partial charge is 0.461 e. The minimum Gasteiger partial charge on any atom is -0.461 e. The first-order valence-corrected chi connectivity index (χ1v) is 10.0. The molecule has 2 aliphatic rings. The van der Waals surface area contributed by atoms with Crippen molar-refractivity contribution in [2.45, 2.75) is 52.4 Å². The highest BCUT2D eigenvalue weighted by atomic mass is 16.7. The van der Waals surface area contributed by atoms with Crippen molar-refractivity contribution in [3.8, 4) is 5.69 Å². The van der Waals surface area contributed by atoms with Crippen molar-refractivity contribution in [1.29, 1.82) is 0 Å². The van der Waals surface area contributed by atoms with Gasteiger partial charge in [0.15, 0.2) is 5.69 Å². The van der Waals surface area contributed by atoms with Crippen molar-refractivity contribution < 1.29 is 23.6 Å². The number of ether oxygens (including phenoxy) is 1. The third kappa shape index (κ3) is 3.13. The fraction of sp³-hybridized carbons (Fsp3) is 0.476. The number of hydrogen-bond donors (Lipinski definition) is 0. The van der Waals surface area contributed by atoms with Crippen LogP contribution in [0.25, 0.3) is 5.69 Å². The van der Waals surface area contributed by atoms with Gasteiger partial charge in [0.1, 0.15) is 6.33 Å². The van der Waals surface area contributed by atoms with E-state index in [9.17, 15) is 9.59 Å². The van der Waals surface area contributed by atoms with E-state index in [1.807, 2.05) is 39.8 Å². The Balaban J connectivity index is 1.78. The Morgan fingerprint density at radius 2 is 1.90 bits per heavy atom. The summed E-state index contributed by atoms with van der Waals surface area (Å²) in [6, 6.07) is 5.52. The number of rotatable bonds is 3. The molecule has 3 heterocycles. The topological polar surface area (TPSA) is 82.9 Å². The molecule has 0 radical (unpaired) electrons. The van der Waals surface area contributed by atoms with Gasteiger partial charge in [-0.1, -0.05) is 6.07 Å². The standard InChI is InChI=1S/C21H26BN3O5/c1-7-28-19(27)17-16-11-24(6)18(26)14-10-13(8-9-15(14)25(16)12-23-17)22-29-20(2,3)21(4,5)30-22/h8-10,12H,7,11H2,1-6H3. The van der Waals surface area contributed by atoms with Gasteiger partial charge in [-0.2, -0.15) is 0 Å². The zero-order chi connectivity index (χ0) is 21.8. The van der Waals surface area contributed by atoms with Crippen LogP contribution in [0.1, 0.15) is 61.2 Å². The SMILES string of the molecule is CCOC(=O)c1ncn2c1CN(C)C(=O)c1cc(B3OC(C)(C)C(C)(C)O3)ccc1-2. The first-order valence-electron chi connectivity index (χ1n) is 10.0. The molecule has 0 unspecified atom stereocenters. The number of fused-ring (bicyclic) bond motifs is 3. The van der Waals surface area contributed by atoms with Crippen LogP contribution in [0.2, 0.25) is 0 Å². The van der Waals surface area contributed by atoms with E-state index in [1.54, 1.807) is 35.8 Å². The quantitative estimate of drug-likeness (QED) is 0.567. The summed E-state index contributed by atoms with van der Waals surface area (Å²) in [7, 11) is 1.13. The monoisotopic (exact) mass is 411 g/mol. The number of benzene rings is 1. The number of amides is 1. The average molecular weight is 411 g/mol. The third-order valence-electron chi connectivity index (χ3n) is 6.10. The molecule has 0 saturated carbocycles. The molecule has 1 aromatic heterocycles. The van der Waals surface area contributed by atoms with E-state index in [4.69, 9.17) is 14.0 Å². The van der Waals surface area contributed by atoms with Crippen LogP contribution in [0, 0.1) is 0 Å². The van der Waals surface area contributed by atoms with Crippen LogP contribution in [-0.2, 0) is 20.6 Å². The Morgan fingerprint density at radius 1 is 1.23 bits per heavy atom. The van der Waals surface area contributed by atoms with Gasteiger partial charge in [0.2, 0.25) is 0 Å². The summed E-state index contributed by atoms with van der Waals surface area (Å²) in [5.41, 5.74) is 1.81. The van der Waals surface area contributed by atoms with Crippen molar-refractivity contribution in [2.75, 3.05) is 13.7 Å². The van der Waals surface area contributed by atoms with Gasteiger partial charge >= 0.3 is 13.1 Å². The highest BCUT2D eigenvalue weighted by molar-refractivity contribution is 6.62. The molecule has 8 nitrogen and oxygen atoms in total. The van der Waals surface area contributed by atoms with Crippen molar-refractivity contribution in [2.24, 2.45) is 0 Å². The minimum atomic E-state index is -0.570. The highest BCUT2D eigenvalue weighted by Crippen LogP contribution is 2.37. The van der Waals surface area contributed by atoms with Crippen LogP contribution in [0.15, 0.2) is 24.5 Å². The summed E-state index contributed by atoms with van der Waals surface area (Å²) in [6.07, 6.45) is 1.56. The van der Waals surface area contributed by atoms with Crippen LogP contribution in [0.4, 0.5) is 0 Å². The van der Waals surface area contributed by atoms with Crippen LogP contribution in [-0.4, -0.2) is 58.3 Å². The lowest BCUT2D eigenvalue weighted by Crippen LogP contribution is -2.41. The maximum absolute atomic E-state index is 13.1. The van der Waals surface area contributed by atoms with E-state index in [0.717, 1.165) is 5.46 Å². The lowest BCUT2D eigenvalue weighted by molar-refractivity contribution is 0.00578. The summed E-state index contributed by atoms with van der Waals surface area (Å²) < 4.78 is 19.2. The maximum atomic E-state index is 13.1. The first-order chi connectivity index (χ1) is 14.1. The van der Waals surface area contributed by atoms with E-state index in [-0.39, 0.29) is 24.8 Å². The second-order valence-corrected chi connectivity index (χ2v) is 8.66. The molecule has 0 atom stereocenters. The number of hydrogen-bond acceptors (Lipinski definition) is 6. The maximum Gasteiger partial charge on any atom is 0.494 e. The van der Waals surface area contributed by atoms with Crippen LogP contribution in [0.5, 0.6) is 0 Å². The molecule has 9 heteroatoms. The number of carbonyl (C=O) groups is 2. The average Bonchev–Trinajstić information content (AvgIpc) is 3.15. The zero-order valence-corrected chi connectivity index (χ0v) is 18.2. The second kappa shape index (κ2) is 6.96. The lowest BCUT2D eigenvalue weighted by Gasteiger charge is -2.32. The highest BCUT2D eigenvalue weighted by Gasteiger charge is 2.52. The normalized spacial score (nSPS) is 19.3. The summed E-state index contributed by atoms with van der Waals surface area (Å²) in [6.45, 7) is 10.2. The van der Waals surface area contributed by atoms with Crippen LogP contribution >= 0.6 is 0 Å². The number of aromatic nitrogens is 2. The molecule has 158 valence electrons. The summed E-state index contributed by atoms with van der Waals surface area (Å²) >= 11 is 0. The minimum absolute atomic E-state index is 0.151. The molecular weight excluding hydrogens is 385 g/mol. The Kier molecular flexibility index (Phi) is 4.78. The molecule has 2 aromatic rings. The predicted molar refractivity (Wildman–Crippen MR) is 111 cm³/mol. The molecule has 0 spiro atoms. The molecular formula is C21H26BN3O5. The Morgan fingerprint density at radius 3 is 2.53 bits per heavy atom. The Hall–Kier alpha value is -2.65. The van der Waals surface area contributed by atoms with E-state index in [1.165, 1.54) is 0 Å². The van der Waals surface area contributed by atoms with Gasteiger partial charge in [-0.05, 0) is 52.2 Å². The summed E-state index contributed by atoms with van der Waals surface area (Å²) in [5.74, 6) is -0.647. The molecule has 0 aliphatic carbocycles. The van der Waals surface area contributed by atoms with Crippen molar-refractivity contribution in [1.82, 2.24) is 14.5 Å². The molecule has 2 aliphatic heterocycles. The van der Waals surface area contributed by atoms with E-state index in [0.29, 0.717) is 16.9 Å². The second-order valence-electron chi connectivity index (χ2n) is 8.66. The van der Waals surface area contributed by atoms with Crippen LogP contribution < -0.4 is 5.46 Å². The van der Waals surface area contributed by atoms with E-state index >= 15 is 0 Å². The molecule has 30 heavy (non-hydrogen) atoms.